The highest BCUT2D eigenvalue weighted by molar-refractivity contribution is 5.98. The van der Waals surface area contributed by atoms with Crippen LogP contribution in [0.3, 0.4) is 0 Å². The topological polar surface area (TPSA) is 97.4 Å². The molecule has 0 saturated carbocycles. The van der Waals surface area contributed by atoms with Gasteiger partial charge in [-0.25, -0.2) is 4.79 Å². The number of carbonyl (C=O) groups is 2. The Morgan fingerprint density at radius 3 is 2.62 bits per heavy atom. The van der Waals surface area contributed by atoms with Crippen molar-refractivity contribution in [2.75, 3.05) is 0 Å². The first-order chi connectivity index (χ1) is 11.3. The molecule has 2 rings (SSSR count). The van der Waals surface area contributed by atoms with E-state index in [1.54, 1.807) is 49.6 Å². The molecule has 0 aliphatic carbocycles. The number of hydrogen-bond acceptors (Lipinski definition) is 4. The number of nitrogens with one attached hydrogen (secondary N) is 1. The third-order valence-corrected chi connectivity index (χ3v) is 3.73. The summed E-state index contributed by atoms with van der Waals surface area (Å²) in [6, 6.07) is 2.52. The second-order valence-electron chi connectivity index (χ2n) is 5.58. The van der Waals surface area contributed by atoms with Crippen molar-refractivity contribution in [1.29, 1.82) is 0 Å². The molecule has 0 spiro atoms. The molecule has 24 heavy (non-hydrogen) atoms. The second kappa shape index (κ2) is 7.16. The summed E-state index contributed by atoms with van der Waals surface area (Å²) in [6.07, 6.45) is 3.69. The van der Waals surface area contributed by atoms with Gasteiger partial charge < -0.3 is 14.9 Å². The van der Waals surface area contributed by atoms with Crippen LogP contribution in [-0.4, -0.2) is 32.7 Å². The van der Waals surface area contributed by atoms with E-state index in [-0.39, 0.29) is 6.42 Å². The molecule has 0 bridgehead atoms. The molecule has 1 atom stereocenters. The maximum atomic E-state index is 12.5. The summed E-state index contributed by atoms with van der Waals surface area (Å²) in [4.78, 5) is 23.8. The van der Waals surface area contributed by atoms with Crippen LogP contribution in [0, 0.1) is 20.8 Å². The van der Waals surface area contributed by atoms with Gasteiger partial charge in [0.05, 0.1) is 5.56 Å². The van der Waals surface area contributed by atoms with Crippen molar-refractivity contribution in [2.24, 2.45) is 0 Å². The molecule has 1 amide bonds. The Balaban J connectivity index is 2.29. The average molecular weight is 331 g/mol. The van der Waals surface area contributed by atoms with Crippen LogP contribution in [0.25, 0.3) is 5.82 Å². The van der Waals surface area contributed by atoms with Crippen LogP contribution in [0.4, 0.5) is 0 Å². The number of aryl methyl sites for hydroxylation is 2. The maximum Gasteiger partial charge on any atom is 0.326 e. The molecule has 7 heteroatoms. The highest BCUT2D eigenvalue weighted by Crippen LogP contribution is 2.20. The highest BCUT2D eigenvalue weighted by Gasteiger charge is 2.23. The van der Waals surface area contributed by atoms with Crippen molar-refractivity contribution >= 4 is 11.9 Å². The van der Waals surface area contributed by atoms with E-state index in [1.165, 1.54) is 0 Å². The van der Waals surface area contributed by atoms with E-state index in [9.17, 15) is 14.7 Å². The van der Waals surface area contributed by atoms with Crippen molar-refractivity contribution in [3.8, 4) is 5.82 Å². The number of carboxylic acids is 1. The zero-order valence-corrected chi connectivity index (χ0v) is 14.2. The van der Waals surface area contributed by atoms with E-state index in [1.807, 2.05) is 6.92 Å². The number of nitrogens with zero attached hydrogens (tertiary/aromatic N) is 2. The lowest BCUT2D eigenvalue weighted by atomic mass is 10.1. The fourth-order valence-corrected chi connectivity index (χ4v) is 2.53. The number of allylic oxidation sites excluding steroid dienone is 1. The predicted octanol–water partition coefficient (Wildman–Crippen LogP) is 2.54. The lowest BCUT2D eigenvalue weighted by Crippen LogP contribution is -2.40. The molecule has 2 heterocycles. The van der Waals surface area contributed by atoms with Crippen molar-refractivity contribution < 1.29 is 19.2 Å². The van der Waals surface area contributed by atoms with Gasteiger partial charge in [0.1, 0.15) is 11.8 Å². The predicted molar refractivity (Wildman–Crippen MR) is 88.4 cm³/mol. The number of carboxylic acid groups (broad SMARTS) is 1. The van der Waals surface area contributed by atoms with Gasteiger partial charge in [0.15, 0.2) is 5.82 Å². The Hall–Kier alpha value is -2.83. The molecular formula is C17H21N3O4. The summed E-state index contributed by atoms with van der Waals surface area (Å²) in [5, 5.41) is 15.8. The monoisotopic (exact) mass is 331 g/mol. The quantitative estimate of drug-likeness (QED) is 0.793. The summed E-state index contributed by atoms with van der Waals surface area (Å²) in [5.41, 5.74) is 1.90. The molecule has 128 valence electrons. The van der Waals surface area contributed by atoms with E-state index < -0.39 is 17.9 Å². The van der Waals surface area contributed by atoms with Gasteiger partial charge >= 0.3 is 5.97 Å². The zero-order chi connectivity index (χ0) is 17.9. The summed E-state index contributed by atoms with van der Waals surface area (Å²) in [7, 11) is 0. The van der Waals surface area contributed by atoms with Gasteiger partial charge in [0, 0.05) is 17.5 Å². The van der Waals surface area contributed by atoms with E-state index in [0.29, 0.717) is 22.8 Å². The van der Waals surface area contributed by atoms with E-state index >= 15 is 0 Å². The molecular weight excluding hydrogens is 310 g/mol. The van der Waals surface area contributed by atoms with Gasteiger partial charge in [0.25, 0.3) is 5.91 Å². The van der Waals surface area contributed by atoms with Gasteiger partial charge in [-0.15, -0.1) is 0 Å². The van der Waals surface area contributed by atoms with E-state index in [2.05, 4.69) is 10.5 Å². The van der Waals surface area contributed by atoms with Crippen LogP contribution < -0.4 is 5.32 Å². The number of carbonyl (C=O) groups excluding carboxylic acids is 1. The molecule has 0 aromatic carbocycles. The molecule has 0 aliphatic heterocycles. The third-order valence-electron chi connectivity index (χ3n) is 3.73. The molecule has 1 unspecified atom stereocenters. The summed E-state index contributed by atoms with van der Waals surface area (Å²) >= 11 is 0. The standard InChI is InChI=1S/C17H21N3O4/c1-5-6-7-14(17(22)23)18-16(21)13-8-10(2)20(12(13)4)15-9-11(3)24-19-15/h5-6,8-9,14H,7H2,1-4H3,(H,18,21)(H,22,23)/b6-5+. The van der Waals surface area contributed by atoms with E-state index in [4.69, 9.17) is 4.52 Å². The minimum atomic E-state index is -1.07. The van der Waals surface area contributed by atoms with Crippen LogP contribution in [0.15, 0.2) is 28.8 Å². The summed E-state index contributed by atoms with van der Waals surface area (Å²) in [6.45, 7) is 7.22. The zero-order valence-electron chi connectivity index (χ0n) is 14.2. The fourth-order valence-electron chi connectivity index (χ4n) is 2.53. The number of amides is 1. The molecule has 0 saturated heterocycles. The van der Waals surface area contributed by atoms with Gasteiger partial charge in [0.2, 0.25) is 0 Å². The second-order valence-corrected chi connectivity index (χ2v) is 5.58. The Morgan fingerprint density at radius 1 is 1.38 bits per heavy atom. The smallest absolute Gasteiger partial charge is 0.326 e. The maximum absolute atomic E-state index is 12.5. The SMILES string of the molecule is C/C=C/CC(NC(=O)c1cc(C)n(-c2cc(C)on2)c1C)C(=O)O. The van der Waals surface area contributed by atoms with Crippen molar-refractivity contribution in [3.05, 3.63) is 47.0 Å². The number of aliphatic carboxylic acids is 1. The Labute approximate surface area is 139 Å². The Morgan fingerprint density at radius 2 is 2.08 bits per heavy atom. The third kappa shape index (κ3) is 3.56. The van der Waals surface area contributed by atoms with Crippen molar-refractivity contribution in [2.45, 2.75) is 40.2 Å². The van der Waals surface area contributed by atoms with Crippen LogP contribution in [-0.2, 0) is 4.79 Å². The molecule has 2 N–H and O–H groups in total. The Kier molecular flexibility index (Phi) is 5.23. The normalized spacial score (nSPS) is 12.5. The minimum Gasteiger partial charge on any atom is -0.480 e. The van der Waals surface area contributed by atoms with E-state index in [0.717, 1.165) is 5.69 Å². The minimum absolute atomic E-state index is 0.235. The summed E-state index contributed by atoms with van der Waals surface area (Å²) in [5.74, 6) is -0.236. The lowest BCUT2D eigenvalue weighted by Gasteiger charge is -2.12. The number of aromatic nitrogens is 2. The summed E-state index contributed by atoms with van der Waals surface area (Å²) < 4.78 is 6.88. The fraction of sp³-hybridized carbons (Fsp3) is 0.353. The molecule has 0 aliphatic rings. The molecule has 0 radical (unpaired) electrons. The first kappa shape index (κ1) is 17.5. The van der Waals surface area contributed by atoms with Crippen LogP contribution in [0.1, 0.15) is 40.9 Å². The van der Waals surface area contributed by atoms with Gasteiger partial charge in [-0.1, -0.05) is 17.3 Å². The van der Waals surface area contributed by atoms with Crippen LogP contribution >= 0.6 is 0 Å². The van der Waals surface area contributed by atoms with Crippen LogP contribution in [0.5, 0.6) is 0 Å². The molecule has 7 nitrogen and oxygen atoms in total. The first-order valence-corrected chi connectivity index (χ1v) is 7.62. The first-order valence-electron chi connectivity index (χ1n) is 7.62. The Bertz CT molecular complexity index is 786. The highest BCUT2D eigenvalue weighted by atomic mass is 16.5. The molecule has 0 fully saturated rings. The van der Waals surface area contributed by atoms with Crippen molar-refractivity contribution in [3.63, 3.8) is 0 Å². The van der Waals surface area contributed by atoms with Gasteiger partial charge in [-0.05, 0) is 40.2 Å². The molecule has 2 aromatic heterocycles. The van der Waals surface area contributed by atoms with Gasteiger partial charge in [-0.3, -0.25) is 9.36 Å². The lowest BCUT2D eigenvalue weighted by molar-refractivity contribution is -0.139. The number of rotatable bonds is 6. The van der Waals surface area contributed by atoms with Gasteiger partial charge in [-0.2, -0.15) is 0 Å². The van der Waals surface area contributed by atoms with Crippen molar-refractivity contribution in [1.82, 2.24) is 15.0 Å². The average Bonchev–Trinajstić information content (AvgIpc) is 3.06. The largest absolute Gasteiger partial charge is 0.480 e. The van der Waals surface area contributed by atoms with Crippen LogP contribution in [0.2, 0.25) is 0 Å². The number of hydrogen-bond donors (Lipinski definition) is 2. The molecule has 2 aromatic rings.